The minimum absolute atomic E-state index is 0.0636. The number of piperidine rings is 1. The highest BCUT2D eigenvalue weighted by molar-refractivity contribution is 7.90. The van der Waals surface area contributed by atoms with E-state index in [4.69, 9.17) is 4.74 Å². The van der Waals surface area contributed by atoms with Crippen molar-refractivity contribution in [1.82, 2.24) is 9.21 Å². The number of ether oxygens (including phenoxy) is 1. The molecule has 3 unspecified atom stereocenters. The van der Waals surface area contributed by atoms with Crippen LogP contribution in [0.2, 0.25) is 0 Å². The average molecular weight is 429 g/mol. The second-order valence-corrected chi connectivity index (χ2v) is 11.4. The number of rotatable bonds is 4. The van der Waals surface area contributed by atoms with Gasteiger partial charge in [-0.3, -0.25) is 4.21 Å². The molecule has 2 heterocycles. The number of benzene rings is 1. The minimum atomic E-state index is -3.55. The Hall–Kier alpha value is -1.45. The third-order valence-corrected chi connectivity index (χ3v) is 9.03. The summed E-state index contributed by atoms with van der Waals surface area (Å²) in [6.07, 6.45) is 0.674. The van der Waals surface area contributed by atoms with Crippen molar-refractivity contribution >= 4 is 26.9 Å². The molecule has 3 rings (SSSR count). The fourth-order valence-corrected chi connectivity index (χ4v) is 7.20. The van der Waals surface area contributed by atoms with Crippen LogP contribution in [0.3, 0.4) is 0 Å². The zero-order chi connectivity index (χ0) is 20.1. The van der Waals surface area contributed by atoms with Crippen LogP contribution in [0.4, 0.5) is 4.79 Å². The van der Waals surface area contributed by atoms with Gasteiger partial charge in [-0.25, -0.2) is 17.5 Å². The zero-order valence-corrected chi connectivity index (χ0v) is 17.8. The minimum Gasteiger partial charge on any atom is -0.445 e. The predicted molar refractivity (Wildman–Crippen MR) is 109 cm³/mol. The fraction of sp³-hybridized carbons (Fsp3) is 0.632. The van der Waals surface area contributed by atoms with Gasteiger partial charge in [-0.1, -0.05) is 37.3 Å². The Morgan fingerprint density at radius 2 is 1.96 bits per heavy atom. The fourth-order valence-electron chi connectivity index (χ4n) is 3.70. The first-order valence-electron chi connectivity index (χ1n) is 9.66. The van der Waals surface area contributed by atoms with Crippen LogP contribution in [0.25, 0.3) is 0 Å². The molecule has 3 atom stereocenters. The maximum atomic E-state index is 13.1. The number of hydrogen-bond acceptors (Lipinski definition) is 5. The third-order valence-electron chi connectivity index (χ3n) is 5.18. The van der Waals surface area contributed by atoms with Gasteiger partial charge in [0.25, 0.3) is 0 Å². The zero-order valence-electron chi connectivity index (χ0n) is 16.2. The number of sulfonamides is 1. The summed E-state index contributed by atoms with van der Waals surface area (Å²) in [4.78, 5) is 13.9. The molecule has 1 aromatic rings. The molecule has 0 radical (unpaired) electrons. The molecule has 0 spiro atoms. The number of likely N-dealkylation sites (tertiary alicyclic amines) is 1. The van der Waals surface area contributed by atoms with Gasteiger partial charge in [-0.2, -0.15) is 0 Å². The van der Waals surface area contributed by atoms with Crippen LogP contribution >= 0.6 is 0 Å². The van der Waals surface area contributed by atoms with Gasteiger partial charge in [0, 0.05) is 48.5 Å². The number of carbonyl (C=O) groups is 1. The van der Waals surface area contributed by atoms with E-state index in [-0.39, 0.29) is 25.6 Å². The topological polar surface area (TPSA) is 84.0 Å². The van der Waals surface area contributed by atoms with Crippen molar-refractivity contribution in [3.8, 4) is 0 Å². The molecule has 0 bridgehead atoms. The molecule has 156 valence electrons. The first-order chi connectivity index (χ1) is 13.4. The van der Waals surface area contributed by atoms with E-state index in [1.807, 2.05) is 37.3 Å². The molecule has 1 amide bonds. The van der Waals surface area contributed by atoms with Crippen molar-refractivity contribution in [1.29, 1.82) is 0 Å². The number of hydrogen-bond donors (Lipinski definition) is 0. The summed E-state index contributed by atoms with van der Waals surface area (Å²) in [5.41, 5.74) is 0.892. The van der Waals surface area contributed by atoms with Crippen molar-refractivity contribution in [3.63, 3.8) is 0 Å². The summed E-state index contributed by atoms with van der Waals surface area (Å²) in [5.74, 6) is 0.974. The molecule has 1 aromatic carbocycles. The molecule has 2 fully saturated rings. The largest absolute Gasteiger partial charge is 0.445 e. The molecule has 2 aliphatic rings. The average Bonchev–Trinajstić information content (AvgIpc) is 2.87. The highest BCUT2D eigenvalue weighted by Crippen LogP contribution is 2.23. The molecule has 28 heavy (non-hydrogen) atoms. The van der Waals surface area contributed by atoms with E-state index < -0.39 is 32.2 Å². The van der Waals surface area contributed by atoms with E-state index in [9.17, 15) is 17.4 Å². The van der Waals surface area contributed by atoms with Crippen LogP contribution in [-0.2, 0) is 32.2 Å². The maximum Gasteiger partial charge on any atom is 0.410 e. The second kappa shape index (κ2) is 9.37. The molecule has 2 aliphatic heterocycles. The first-order valence-corrected chi connectivity index (χ1v) is 12.6. The van der Waals surface area contributed by atoms with Crippen LogP contribution in [-0.4, -0.2) is 70.9 Å². The van der Waals surface area contributed by atoms with Crippen LogP contribution in [0, 0.1) is 5.92 Å². The molecule has 0 N–H and O–H groups in total. The summed E-state index contributed by atoms with van der Waals surface area (Å²) in [7, 11) is -4.52. The highest BCUT2D eigenvalue weighted by Gasteiger charge is 2.38. The van der Waals surface area contributed by atoms with E-state index in [1.54, 1.807) is 0 Å². The summed E-state index contributed by atoms with van der Waals surface area (Å²) in [6, 6.07) is 9.40. The summed E-state index contributed by atoms with van der Waals surface area (Å²) >= 11 is 0. The maximum absolute atomic E-state index is 13.1. The lowest BCUT2D eigenvalue weighted by Gasteiger charge is -2.34. The Balaban J connectivity index is 1.61. The van der Waals surface area contributed by atoms with E-state index in [0.29, 0.717) is 37.4 Å². The van der Waals surface area contributed by atoms with Gasteiger partial charge in [0.05, 0.1) is 5.25 Å². The van der Waals surface area contributed by atoms with Crippen LogP contribution in [0.5, 0.6) is 0 Å². The van der Waals surface area contributed by atoms with Crippen LogP contribution in [0.1, 0.15) is 25.3 Å². The van der Waals surface area contributed by atoms with E-state index in [1.165, 1.54) is 9.21 Å². The first kappa shape index (κ1) is 21.3. The van der Waals surface area contributed by atoms with E-state index in [2.05, 4.69) is 0 Å². The Morgan fingerprint density at radius 1 is 1.21 bits per heavy atom. The standard InChI is InChI=1S/C19H28N2O5S2/c1-16-12-21(10-11-27(23)15-16)28(24,25)18-8-5-9-20(13-18)19(22)26-14-17-6-3-2-4-7-17/h2-4,6-7,16,18H,5,8-15H2,1H3. The molecule has 0 saturated carbocycles. The van der Waals surface area contributed by atoms with Gasteiger partial charge in [0.1, 0.15) is 6.61 Å². The van der Waals surface area contributed by atoms with Gasteiger partial charge < -0.3 is 9.64 Å². The lowest BCUT2D eigenvalue weighted by atomic mass is 10.1. The highest BCUT2D eigenvalue weighted by atomic mass is 32.2. The number of carbonyl (C=O) groups excluding carboxylic acids is 1. The Kier molecular flexibility index (Phi) is 7.11. The van der Waals surface area contributed by atoms with Gasteiger partial charge in [-0.15, -0.1) is 0 Å². The molecule has 0 aliphatic carbocycles. The van der Waals surface area contributed by atoms with Crippen molar-refractivity contribution in [3.05, 3.63) is 35.9 Å². The van der Waals surface area contributed by atoms with Crippen molar-refractivity contribution in [2.75, 3.05) is 37.7 Å². The summed E-state index contributed by atoms with van der Waals surface area (Å²) in [5, 5.41) is -0.635. The number of nitrogens with zero attached hydrogens (tertiary/aromatic N) is 2. The summed E-state index contributed by atoms with van der Waals surface area (Å²) in [6.45, 7) is 3.42. The van der Waals surface area contributed by atoms with Crippen LogP contribution < -0.4 is 0 Å². The van der Waals surface area contributed by atoms with Crippen molar-refractivity contribution in [2.24, 2.45) is 5.92 Å². The van der Waals surface area contributed by atoms with Gasteiger partial charge in [-0.05, 0) is 24.3 Å². The molecular formula is C19H28N2O5S2. The predicted octanol–water partition coefficient (Wildman–Crippen LogP) is 1.82. The monoisotopic (exact) mass is 428 g/mol. The van der Waals surface area contributed by atoms with Gasteiger partial charge in [0.15, 0.2) is 0 Å². The molecular weight excluding hydrogens is 400 g/mol. The van der Waals surface area contributed by atoms with E-state index >= 15 is 0 Å². The van der Waals surface area contributed by atoms with Crippen molar-refractivity contribution in [2.45, 2.75) is 31.6 Å². The van der Waals surface area contributed by atoms with Gasteiger partial charge in [0.2, 0.25) is 10.0 Å². The van der Waals surface area contributed by atoms with Gasteiger partial charge >= 0.3 is 6.09 Å². The molecule has 9 heteroatoms. The second-order valence-electron chi connectivity index (χ2n) is 7.57. The Morgan fingerprint density at radius 3 is 2.71 bits per heavy atom. The molecule has 2 saturated heterocycles. The molecule has 0 aromatic heterocycles. The smallest absolute Gasteiger partial charge is 0.410 e. The SMILES string of the molecule is CC1CN(S(=O)(=O)C2CCCN(C(=O)OCc3ccccc3)C2)CCS(=O)C1. The number of amides is 1. The third kappa shape index (κ3) is 5.33. The lowest BCUT2D eigenvalue weighted by molar-refractivity contribution is 0.0896. The van der Waals surface area contributed by atoms with Crippen molar-refractivity contribution < 1.29 is 22.2 Å². The van der Waals surface area contributed by atoms with Crippen LogP contribution in [0.15, 0.2) is 30.3 Å². The lowest BCUT2D eigenvalue weighted by Crippen LogP contribution is -2.50. The summed E-state index contributed by atoms with van der Waals surface area (Å²) < 4.78 is 45.0. The quantitative estimate of drug-likeness (QED) is 0.730. The Labute approximate surface area is 169 Å². The van der Waals surface area contributed by atoms with E-state index in [0.717, 1.165) is 5.56 Å². The molecule has 7 nitrogen and oxygen atoms in total. The Bertz CT molecular complexity index is 800. The normalized spacial score (nSPS) is 27.2.